The molecule has 0 radical (unpaired) electrons. The van der Waals surface area contributed by atoms with Crippen LogP contribution in [0, 0.1) is 5.92 Å². The normalized spacial score (nSPS) is 21.4. The average molecular weight is 339 g/mol. The number of aromatic nitrogens is 2. The molecule has 2 aromatic rings. The summed E-state index contributed by atoms with van der Waals surface area (Å²) in [5.74, 6) is 2.30. The molecule has 1 saturated heterocycles. The number of nitrogens with zero attached hydrogens (tertiary/aromatic N) is 4. The van der Waals surface area contributed by atoms with Gasteiger partial charge in [0.1, 0.15) is 0 Å². The number of benzene rings is 1. The zero-order valence-corrected chi connectivity index (χ0v) is 15.3. The Morgan fingerprint density at radius 1 is 1.28 bits per heavy atom. The first kappa shape index (κ1) is 17.5. The van der Waals surface area contributed by atoms with E-state index in [1.807, 2.05) is 30.2 Å². The van der Waals surface area contributed by atoms with E-state index in [-0.39, 0.29) is 0 Å². The van der Waals surface area contributed by atoms with Crippen LogP contribution in [0.4, 0.5) is 0 Å². The van der Waals surface area contributed by atoms with Crippen molar-refractivity contribution in [1.82, 2.24) is 20.0 Å². The quantitative estimate of drug-likeness (QED) is 0.517. The minimum atomic E-state index is 0.624. The van der Waals surface area contributed by atoms with Gasteiger partial charge in [0.2, 0.25) is 0 Å². The smallest absolute Gasteiger partial charge is 0.193 e. The molecule has 3 rings (SSSR count). The summed E-state index contributed by atoms with van der Waals surface area (Å²) in [6, 6.07) is 12.9. The van der Waals surface area contributed by atoms with Gasteiger partial charge in [0.15, 0.2) is 5.96 Å². The Balaban J connectivity index is 1.48. The summed E-state index contributed by atoms with van der Waals surface area (Å²) in [6.07, 6.45) is 6.05. The van der Waals surface area contributed by atoms with Crippen molar-refractivity contribution in [2.75, 3.05) is 26.7 Å². The van der Waals surface area contributed by atoms with Crippen molar-refractivity contribution >= 4 is 5.96 Å². The summed E-state index contributed by atoms with van der Waals surface area (Å²) in [6.45, 7) is 6.32. The second kappa shape index (κ2) is 8.70. The number of hydrogen-bond donors (Lipinski definition) is 1. The van der Waals surface area contributed by atoms with Gasteiger partial charge in [0.05, 0.1) is 0 Å². The van der Waals surface area contributed by atoms with Crippen LogP contribution in [0.2, 0.25) is 0 Å². The van der Waals surface area contributed by atoms with E-state index in [2.05, 4.69) is 57.6 Å². The van der Waals surface area contributed by atoms with Gasteiger partial charge in [-0.3, -0.25) is 9.67 Å². The van der Waals surface area contributed by atoms with Crippen LogP contribution >= 0.6 is 0 Å². The molecule has 1 aromatic heterocycles. The van der Waals surface area contributed by atoms with Gasteiger partial charge in [-0.2, -0.15) is 5.10 Å². The van der Waals surface area contributed by atoms with E-state index in [0.29, 0.717) is 11.8 Å². The van der Waals surface area contributed by atoms with Gasteiger partial charge >= 0.3 is 0 Å². The molecule has 1 N–H and O–H groups in total. The molecule has 25 heavy (non-hydrogen) atoms. The van der Waals surface area contributed by atoms with Crippen LogP contribution < -0.4 is 5.32 Å². The molecular formula is C20H29N5. The fourth-order valence-corrected chi connectivity index (χ4v) is 3.74. The number of hydrogen-bond acceptors (Lipinski definition) is 2. The number of nitrogens with one attached hydrogen (secondary N) is 1. The second-order valence-corrected chi connectivity index (χ2v) is 6.83. The van der Waals surface area contributed by atoms with Crippen molar-refractivity contribution in [2.24, 2.45) is 10.9 Å². The van der Waals surface area contributed by atoms with Crippen LogP contribution in [0.5, 0.6) is 0 Å². The van der Waals surface area contributed by atoms with Gasteiger partial charge in [-0.25, -0.2) is 0 Å². The third-order valence-electron chi connectivity index (χ3n) is 5.05. The minimum absolute atomic E-state index is 0.624. The minimum Gasteiger partial charge on any atom is -0.356 e. The number of guanidine groups is 1. The lowest BCUT2D eigenvalue weighted by molar-refractivity contribution is 0.234. The molecule has 1 aromatic carbocycles. The Kier molecular flexibility index (Phi) is 6.09. The summed E-state index contributed by atoms with van der Waals surface area (Å²) >= 11 is 0. The van der Waals surface area contributed by atoms with Crippen molar-refractivity contribution in [1.29, 1.82) is 0 Å². The molecule has 134 valence electrons. The summed E-state index contributed by atoms with van der Waals surface area (Å²) in [4.78, 5) is 6.89. The van der Waals surface area contributed by atoms with Crippen LogP contribution in [-0.4, -0.2) is 47.3 Å². The number of rotatable bonds is 5. The SMILES string of the molecule is CN=C(NCCCn1cccn1)N1CCC(c2ccccc2)C(C)C1. The zero-order valence-electron chi connectivity index (χ0n) is 15.3. The third-order valence-corrected chi connectivity index (χ3v) is 5.05. The van der Waals surface area contributed by atoms with Crippen LogP contribution in [0.15, 0.2) is 53.8 Å². The van der Waals surface area contributed by atoms with E-state index in [4.69, 9.17) is 0 Å². The Hall–Kier alpha value is -2.30. The molecule has 0 saturated carbocycles. The molecular weight excluding hydrogens is 310 g/mol. The van der Waals surface area contributed by atoms with E-state index in [1.165, 1.54) is 12.0 Å². The Labute approximate surface area is 150 Å². The van der Waals surface area contributed by atoms with Crippen LogP contribution in [0.3, 0.4) is 0 Å². The zero-order chi connectivity index (χ0) is 17.5. The molecule has 1 aliphatic rings. The number of aliphatic imine (C=N–C) groups is 1. The predicted molar refractivity (Wildman–Crippen MR) is 103 cm³/mol. The maximum atomic E-state index is 4.49. The van der Waals surface area contributed by atoms with Gasteiger partial charge in [-0.1, -0.05) is 37.3 Å². The summed E-state index contributed by atoms with van der Waals surface area (Å²) in [5, 5.41) is 7.75. The highest BCUT2D eigenvalue weighted by molar-refractivity contribution is 5.80. The largest absolute Gasteiger partial charge is 0.356 e. The average Bonchev–Trinajstić information content (AvgIpc) is 3.16. The predicted octanol–water partition coefficient (Wildman–Crippen LogP) is 2.97. The fourth-order valence-electron chi connectivity index (χ4n) is 3.74. The van der Waals surface area contributed by atoms with Crippen LogP contribution in [0.1, 0.15) is 31.2 Å². The number of piperidine rings is 1. The molecule has 0 spiro atoms. The Bertz CT molecular complexity index is 650. The lowest BCUT2D eigenvalue weighted by Gasteiger charge is -2.39. The summed E-state index contributed by atoms with van der Waals surface area (Å²) in [5.41, 5.74) is 1.47. The first-order valence-electron chi connectivity index (χ1n) is 9.26. The molecule has 5 heteroatoms. The van der Waals surface area contributed by atoms with Crippen molar-refractivity contribution in [3.63, 3.8) is 0 Å². The molecule has 2 heterocycles. The van der Waals surface area contributed by atoms with Gasteiger partial charge in [-0.05, 0) is 36.3 Å². The molecule has 2 unspecified atom stereocenters. The first-order chi connectivity index (χ1) is 12.3. The maximum Gasteiger partial charge on any atom is 0.193 e. The first-order valence-corrected chi connectivity index (χ1v) is 9.26. The molecule has 2 atom stereocenters. The fraction of sp³-hybridized carbons (Fsp3) is 0.500. The van der Waals surface area contributed by atoms with E-state index in [0.717, 1.165) is 38.6 Å². The monoisotopic (exact) mass is 339 g/mol. The standard InChI is InChI=1S/C20H29N5/c1-17-16-24(15-10-19(17)18-8-4-3-5-9-18)20(21-2)22-11-6-13-25-14-7-12-23-25/h3-5,7-9,12,14,17,19H,6,10-11,13,15-16H2,1-2H3,(H,21,22). The summed E-state index contributed by atoms with van der Waals surface area (Å²) < 4.78 is 1.97. The second-order valence-electron chi connectivity index (χ2n) is 6.83. The Morgan fingerprint density at radius 2 is 2.12 bits per heavy atom. The van der Waals surface area contributed by atoms with Crippen molar-refractivity contribution in [3.8, 4) is 0 Å². The van der Waals surface area contributed by atoms with Crippen LogP contribution in [-0.2, 0) is 6.54 Å². The Morgan fingerprint density at radius 3 is 2.80 bits per heavy atom. The summed E-state index contributed by atoms with van der Waals surface area (Å²) in [7, 11) is 1.88. The highest BCUT2D eigenvalue weighted by Crippen LogP contribution is 2.32. The van der Waals surface area contributed by atoms with Gasteiger partial charge in [0, 0.05) is 45.6 Å². The van der Waals surface area contributed by atoms with Crippen molar-refractivity contribution in [3.05, 3.63) is 54.4 Å². The van der Waals surface area contributed by atoms with E-state index in [1.54, 1.807) is 0 Å². The molecule has 0 amide bonds. The van der Waals surface area contributed by atoms with Crippen molar-refractivity contribution in [2.45, 2.75) is 32.2 Å². The van der Waals surface area contributed by atoms with Gasteiger partial charge in [-0.15, -0.1) is 0 Å². The maximum absolute atomic E-state index is 4.49. The topological polar surface area (TPSA) is 45.5 Å². The van der Waals surface area contributed by atoms with Gasteiger partial charge < -0.3 is 10.2 Å². The van der Waals surface area contributed by atoms with E-state index in [9.17, 15) is 0 Å². The van der Waals surface area contributed by atoms with Gasteiger partial charge in [0.25, 0.3) is 0 Å². The van der Waals surface area contributed by atoms with Crippen LogP contribution in [0.25, 0.3) is 0 Å². The third kappa shape index (κ3) is 4.62. The lowest BCUT2D eigenvalue weighted by atomic mass is 9.82. The van der Waals surface area contributed by atoms with E-state index < -0.39 is 0 Å². The highest BCUT2D eigenvalue weighted by atomic mass is 15.3. The van der Waals surface area contributed by atoms with E-state index >= 15 is 0 Å². The van der Waals surface area contributed by atoms with Crippen molar-refractivity contribution < 1.29 is 0 Å². The molecule has 0 bridgehead atoms. The lowest BCUT2D eigenvalue weighted by Crippen LogP contribution is -2.48. The highest BCUT2D eigenvalue weighted by Gasteiger charge is 2.28. The molecule has 0 aliphatic carbocycles. The number of aryl methyl sites for hydroxylation is 1. The molecule has 5 nitrogen and oxygen atoms in total. The molecule has 1 aliphatic heterocycles. The number of likely N-dealkylation sites (tertiary alicyclic amines) is 1. The molecule has 1 fully saturated rings.